The molecular weight excluding hydrogens is 233 g/mol. The summed E-state index contributed by atoms with van der Waals surface area (Å²) in [5.74, 6) is -5.19. The Labute approximate surface area is 89.2 Å². The van der Waals surface area contributed by atoms with Crippen molar-refractivity contribution in [2.45, 2.75) is 5.92 Å². The Hall–Kier alpha value is -0.940. The Morgan fingerprint density at radius 2 is 2.07 bits per heavy atom. The highest BCUT2D eigenvalue weighted by molar-refractivity contribution is 6.30. The van der Waals surface area contributed by atoms with Crippen molar-refractivity contribution in [3.63, 3.8) is 0 Å². The minimum Gasteiger partial charge on any atom is -0.493 e. The molecule has 0 atom stereocenters. The van der Waals surface area contributed by atoms with Gasteiger partial charge in [0.25, 0.3) is 5.92 Å². The number of halogens is 4. The average molecular weight is 241 g/mol. The van der Waals surface area contributed by atoms with E-state index in [0.717, 1.165) is 19.2 Å². The molecule has 0 aliphatic rings. The van der Waals surface area contributed by atoms with Crippen LogP contribution in [-0.4, -0.2) is 18.8 Å². The molecule has 0 aromatic heterocycles. The quantitative estimate of drug-likeness (QED) is 0.880. The number of hydrogen-bond acceptors (Lipinski definition) is 2. The second-order valence-corrected chi connectivity index (χ2v) is 3.27. The van der Waals surface area contributed by atoms with Crippen LogP contribution in [0.1, 0.15) is 5.56 Å². The number of aliphatic hydroxyl groups excluding tert-OH is 1. The van der Waals surface area contributed by atoms with E-state index in [1.165, 1.54) is 0 Å². The molecule has 1 aromatic rings. The van der Waals surface area contributed by atoms with Gasteiger partial charge >= 0.3 is 0 Å². The van der Waals surface area contributed by atoms with Gasteiger partial charge in [-0.15, -0.1) is 0 Å². The lowest BCUT2D eigenvalue weighted by atomic mass is 10.1. The maximum atomic E-state index is 13.2. The molecule has 0 aliphatic carbocycles. The normalized spacial score (nSPS) is 11.6. The van der Waals surface area contributed by atoms with Crippen molar-refractivity contribution in [1.82, 2.24) is 0 Å². The molecule has 0 saturated carbocycles. The lowest BCUT2D eigenvalue weighted by Gasteiger charge is -2.17. The largest absolute Gasteiger partial charge is 0.493 e. The van der Waals surface area contributed by atoms with Gasteiger partial charge in [-0.3, -0.25) is 0 Å². The Kier molecular flexibility index (Phi) is 3.46. The van der Waals surface area contributed by atoms with Crippen LogP contribution in [0.5, 0.6) is 5.75 Å². The summed E-state index contributed by atoms with van der Waals surface area (Å²) in [6.07, 6.45) is 0. The summed E-state index contributed by atoms with van der Waals surface area (Å²) in [5, 5.41) is 8.29. The molecule has 0 amide bonds. The summed E-state index contributed by atoms with van der Waals surface area (Å²) in [6, 6.07) is 1.72. The molecule has 0 unspecified atom stereocenters. The second-order valence-electron chi connectivity index (χ2n) is 2.83. The number of alkyl halides is 2. The molecule has 2 nitrogen and oxygen atoms in total. The third-order valence-corrected chi connectivity index (χ3v) is 2.02. The van der Waals surface area contributed by atoms with Gasteiger partial charge in [0, 0.05) is 5.02 Å². The molecule has 84 valence electrons. The zero-order valence-corrected chi connectivity index (χ0v) is 8.49. The van der Waals surface area contributed by atoms with Gasteiger partial charge in [0.2, 0.25) is 0 Å². The van der Waals surface area contributed by atoms with Crippen LogP contribution in [0.4, 0.5) is 13.2 Å². The van der Waals surface area contributed by atoms with Gasteiger partial charge in [-0.25, -0.2) is 4.39 Å². The van der Waals surface area contributed by atoms with Gasteiger partial charge in [0.1, 0.15) is 6.61 Å². The predicted molar refractivity (Wildman–Crippen MR) is 48.9 cm³/mol. The average Bonchev–Trinajstić information content (AvgIpc) is 2.16. The lowest BCUT2D eigenvalue weighted by Crippen LogP contribution is -2.20. The van der Waals surface area contributed by atoms with E-state index < -0.39 is 29.7 Å². The summed E-state index contributed by atoms with van der Waals surface area (Å²) in [6.45, 7) is -1.44. The topological polar surface area (TPSA) is 29.5 Å². The molecule has 0 aliphatic heterocycles. The van der Waals surface area contributed by atoms with Gasteiger partial charge in [-0.2, -0.15) is 8.78 Å². The van der Waals surface area contributed by atoms with E-state index in [1.807, 2.05) is 0 Å². The third kappa shape index (κ3) is 2.35. The van der Waals surface area contributed by atoms with E-state index in [-0.39, 0.29) is 5.02 Å². The van der Waals surface area contributed by atoms with E-state index in [2.05, 4.69) is 4.74 Å². The third-order valence-electron chi connectivity index (χ3n) is 1.81. The van der Waals surface area contributed by atoms with Crippen LogP contribution in [0.25, 0.3) is 0 Å². The monoisotopic (exact) mass is 240 g/mol. The van der Waals surface area contributed by atoms with Crippen LogP contribution < -0.4 is 4.74 Å². The molecule has 1 rings (SSSR count). The van der Waals surface area contributed by atoms with Gasteiger partial charge in [-0.05, 0) is 12.1 Å². The number of rotatable bonds is 3. The zero-order valence-electron chi connectivity index (χ0n) is 7.73. The second kappa shape index (κ2) is 4.28. The minimum absolute atomic E-state index is 0.184. The van der Waals surface area contributed by atoms with Crippen LogP contribution in [0, 0.1) is 5.82 Å². The fourth-order valence-corrected chi connectivity index (χ4v) is 1.33. The maximum absolute atomic E-state index is 13.2. The molecule has 15 heavy (non-hydrogen) atoms. The summed E-state index contributed by atoms with van der Waals surface area (Å²) in [4.78, 5) is 0. The van der Waals surface area contributed by atoms with Gasteiger partial charge < -0.3 is 9.84 Å². The molecule has 0 saturated heterocycles. The highest BCUT2D eigenvalue weighted by Crippen LogP contribution is 2.38. The summed E-state index contributed by atoms with van der Waals surface area (Å²) < 4.78 is 43.9. The predicted octanol–water partition coefficient (Wildman–Crippen LogP) is 2.57. The number of methoxy groups -OCH3 is 1. The SMILES string of the molecule is COc1c(F)cc(Cl)cc1C(F)(F)CO. The number of aliphatic hydroxyl groups is 1. The minimum atomic E-state index is -3.59. The maximum Gasteiger partial charge on any atom is 0.299 e. The number of ether oxygens (including phenoxy) is 1. The number of hydrogen-bond donors (Lipinski definition) is 1. The van der Waals surface area contributed by atoms with Crippen molar-refractivity contribution in [2.75, 3.05) is 13.7 Å². The first-order valence-corrected chi connectivity index (χ1v) is 4.32. The van der Waals surface area contributed by atoms with Crippen molar-refractivity contribution < 1.29 is 23.0 Å². The smallest absolute Gasteiger partial charge is 0.299 e. The Morgan fingerprint density at radius 3 is 2.53 bits per heavy atom. The fourth-order valence-electron chi connectivity index (χ4n) is 1.12. The van der Waals surface area contributed by atoms with Crippen molar-refractivity contribution in [3.05, 3.63) is 28.5 Å². The molecule has 1 N–H and O–H groups in total. The van der Waals surface area contributed by atoms with E-state index in [1.54, 1.807) is 0 Å². The molecule has 0 spiro atoms. The van der Waals surface area contributed by atoms with E-state index in [9.17, 15) is 13.2 Å². The Bertz CT molecular complexity index is 369. The summed E-state index contributed by atoms with van der Waals surface area (Å²) >= 11 is 5.43. The first-order valence-electron chi connectivity index (χ1n) is 3.94. The van der Waals surface area contributed by atoms with Crippen LogP contribution in [0.3, 0.4) is 0 Å². The number of benzene rings is 1. The van der Waals surface area contributed by atoms with E-state index in [0.29, 0.717) is 0 Å². The molecule has 0 fully saturated rings. The van der Waals surface area contributed by atoms with Gasteiger partial charge in [0.15, 0.2) is 11.6 Å². The van der Waals surface area contributed by atoms with E-state index in [4.69, 9.17) is 16.7 Å². The first-order chi connectivity index (χ1) is 6.92. The van der Waals surface area contributed by atoms with Gasteiger partial charge in [-0.1, -0.05) is 11.6 Å². The standard InChI is InChI=1S/C9H8ClF3O2/c1-15-8-6(9(12,13)4-14)2-5(10)3-7(8)11/h2-3,14H,4H2,1H3. The Morgan fingerprint density at radius 1 is 1.47 bits per heavy atom. The lowest BCUT2D eigenvalue weighted by molar-refractivity contribution is -0.0574. The van der Waals surface area contributed by atoms with E-state index >= 15 is 0 Å². The van der Waals surface area contributed by atoms with Crippen molar-refractivity contribution >= 4 is 11.6 Å². The van der Waals surface area contributed by atoms with Crippen molar-refractivity contribution in [2.24, 2.45) is 0 Å². The molecule has 6 heteroatoms. The van der Waals surface area contributed by atoms with Gasteiger partial charge in [0.05, 0.1) is 12.7 Å². The highest BCUT2D eigenvalue weighted by atomic mass is 35.5. The summed E-state index contributed by atoms with van der Waals surface area (Å²) in [5.41, 5.74) is -0.766. The highest BCUT2D eigenvalue weighted by Gasteiger charge is 2.35. The zero-order chi connectivity index (χ0) is 11.6. The van der Waals surface area contributed by atoms with Crippen molar-refractivity contribution in [3.8, 4) is 5.75 Å². The molecule has 1 aromatic carbocycles. The van der Waals surface area contributed by atoms with Crippen LogP contribution in [0.15, 0.2) is 12.1 Å². The Balaban J connectivity index is 3.39. The fraction of sp³-hybridized carbons (Fsp3) is 0.333. The van der Waals surface area contributed by atoms with Crippen LogP contribution >= 0.6 is 11.6 Å². The summed E-state index contributed by atoms with van der Waals surface area (Å²) in [7, 11) is 1.06. The molecule has 0 bridgehead atoms. The van der Waals surface area contributed by atoms with Crippen LogP contribution in [0.2, 0.25) is 5.02 Å². The van der Waals surface area contributed by atoms with Crippen molar-refractivity contribution in [1.29, 1.82) is 0 Å². The molecule has 0 heterocycles. The van der Waals surface area contributed by atoms with Crippen LogP contribution in [-0.2, 0) is 5.92 Å². The molecular formula is C9H8ClF3O2. The molecule has 0 radical (unpaired) electrons. The first kappa shape index (κ1) is 12.1.